The van der Waals surface area contributed by atoms with Gasteiger partial charge in [0.1, 0.15) is 18.1 Å². The molecule has 0 rings (SSSR count). The molecule has 0 spiro atoms. The minimum Gasteiger partial charge on any atom is -0.480 e. The van der Waals surface area contributed by atoms with Crippen molar-refractivity contribution in [1.29, 1.82) is 5.41 Å². The van der Waals surface area contributed by atoms with Crippen molar-refractivity contribution < 1.29 is 34.8 Å². The van der Waals surface area contributed by atoms with Crippen LogP contribution in [-0.4, -0.2) is 75.6 Å². The lowest BCUT2D eigenvalue weighted by atomic mass is 10.1. The molecule has 0 heterocycles. The average Bonchev–Trinajstić information content (AvgIpc) is 2.67. The molecular weight excluding hydrogens is 424 g/mol. The Bertz CT molecular complexity index is 534. The van der Waals surface area contributed by atoms with Crippen molar-refractivity contribution in [2.45, 2.75) is 76.9 Å². The molecular formula is C19H42N6O7. The molecule has 190 valence electrons. The van der Waals surface area contributed by atoms with Gasteiger partial charge < -0.3 is 48.7 Å². The number of hydrogen-bond donors (Lipinski definition) is 10. The second-order valence-electron chi connectivity index (χ2n) is 7.52. The van der Waals surface area contributed by atoms with E-state index in [9.17, 15) is 14.4 Å². The van der Waals surface area contributed by atoms with Gasteiger partial charge in [-0.1, -0.05) is 13.8 Å². The van der Waals surface area contributed by atoms with Crippen LogP contribution in [0.1, 0.15) is 58.8 Å². The van der Waals surface area contributed by atoms with Crippen LogP contribution in [0.4, 0.5) is 0 Å². The second kappa shape index (κ2) is 21.7. The summed E-state index contributed by atoms with van der Waals surface area (Å²) < 4.78 is 0. The van der Waals surface area contributed by atoms with Crippen LogP contribution in [0.2, 0.25) is 0 Å². The number of carbonyl (C=O) groups is 3. The van der Waals surface area contributed by atoms with E-state index >= 15 is 0 Å². The van der Waals surface area contributed by atoms with Crippen molar-refractivity contribution in [2.24, 2.45) is 28.9 Å². The molecule has 13 nitrogen and oxygen atoms in total. The van der Waals surface area contributed by atoms with Crippen molar-refractivity contribution in [3.8, 4) is 0 Å². The number of nitrogens with one attached hydrogen (secondary N) is 2. The number of aliphatic hydroxyl groups excluding tert-OH is 1. The van der Waals surface area contributed by atoms with E-state index in [0.29, 0.717) is 51.0 Å². The van der Waals surface area contributed by atoms with Crippen LogP contribution in [0.15, 0.2) is 0 Å². The monoisotopic (exact) mass is 466 g/mol. The highest BCUT2D eigenvalue weighted by molar-refractivity contribution is 5.74. The van der Waals surface area contributed by atoms with Crippen LogP contribution < -0.4 is 28.3 Å². The number of aliphatic hydroxyl groups is 1. The van der Waals surface area contributed by atoms with Gasteiger partial charge in [0.05, 0.1) is 0 Å². The quantitative estimate of drug-likeness (QED) is 0.0843. The molecule has 1 unspecified atom stereocenters. The maximum absolute atomic E-state index is 10.3. The Kier molecular flexibility index (Phi) is 23.2. The zero-order valence-electron chi connectivity index (χ0n) is 19.0. The molecule has 0 aromatic carbocycles. The summed E-state index contributed by atoms with van der Waals surface area (Å²) in [6.45, 7) is 4.58. The van der Waals surface area contributed by atoms with Crippen molar-refractivity contribution in [2.75, 3.05) is 13.2 Å². The van der Waals surface area contributed by atoms with Gasteiger partial charge in [0.15, 0.2) is 5.96 Å². The Balaban J connectivity index is -0.000000403. The first-order chi connectivity index (χ1) is 14.8. The van der Waals surface area contributed by atoms with E-state index in [1.807, 2.05) is 13.8 Å². The maximum atomic E-state index is 10.3. The minimum absolute atomic E-state index is 0.0671. The van der Waals surface area contributed by atoms with Crippen LogP contribution in [0.25, 0.3) is 0 Å². The predicted octanol–water partition coefficient (Wildman–Crippen LogP) is -0.943. The van der Waals surface area contributed by atoms with Gasteiger partial charge in [-0.2, -0.15) is 0 Å². The molecule has 0 aliphatic heterocycles. The van der Waals surface area contributed by atoms with Gasteiger partial charge in [0.25, 0.3) is 0 Å². The normalized spacial score (nSPS) is 12.8. The molecule has 0 bridgehead atoms. The average molecular weight is 467 g/mol. The first-order valence-corrected chi connectivity index (χ1v) is 10.4. The number of nitrogens with two attached hydrogens (primary N) is 4. The van der Waals surface area contributed by atoms with Gasteiger partial charge in [0.2, 0.25) is 0 Å². The molecule has 0 aromatic heterocycles. The highest BCUT2D eigenvalue weighted by atomic mass is 16.4. The molecule has 0 radical (unpaired) electrons. The summed E-state index contributed by atoms with van der Waals surface area (Å²) in [5.74, 6) is -2.57. The minimum atomic E-state index is -0.974. The SMILES string of the molecule is CC(C)C[C@@H](N)C(=O)O.N=C(N)NCCCC[C@@H](N)C(=O)O.NC(CCCCO)C(=O)O. The van der Waals surface area contributed by atoms with Gasteiger partial charge in [-0.25, -0.2) is 0 Å². The molecule has 0 amide bonds. The highest BCUT2D eigenvalue weighted by Gasteiger charge is 2.12. The molecule has 32 heavy (non-hydrogen) atoms. The van der Waals surface area contributed by atoms with Gasteiger partial charge in [-0.15, -0.1) is 0 Å². The van der Waals surface area contributed by atoms with E-state index in [1.165, 1.54) is 0 Å². The maximum Gasteiger partial charge on any atom is 0.320 e. The van der Waals surface area contributed by atoms with E-state index < -0.39 is 36.0 Å². The van der Waals surface area contributed by atoms with E-state index in [2.05, 4.69) is 5.32 Å². The summed E-state index contributed by atoms with van der Waals surface area (Å²) in [5.41, 5.74) is 20.7. The molecule has 3 atom stereocenters. The summed E-state index contributed by atoms with van der Waals surface area (Å²) in [5, 5.41) is 42.8. The number of guanidine groups is 1. The topological polar surface area (TPSA) is 272 Å². The Morgan fingerprint density at radius 2 is 1.22 bits per heavy atom. The third-order valence-corrected chi connectivity index (χ3v) is 3.86. The fraction of sp³-hybridized carbons (Fsp3) is 0.789. The van der Waals surface area contributed by atoms with E-state index in [1.54, 1.807) is 0 Å². The highest BCUT2D eigenvalue weighted by Crippen LogP contribution is 2.01. The fourth-order valence-corrected chi connectivity index (χ4v) is 2.04. The van der Waals surface area contributed by atoms with Gasteiger partial charge in [-0.3, -0.25) is 19.8 Å². The van der Waals surface area contributed by atoms with Crippen LogP contribution in [0.3, 0.4) is 0 Å². The summed E-state index contributed by atoms with van der Waals surface area (Å²) >= 11 is 0. The van der Waals surface area contributed by atoms with Crippen LogP contribution in [-0.2, 0) is 14.4 Å². The van der Waals surface area contributed by atoms with Crippen molar-refractivity contribution >= 4 is 23.9 Å². The smallest absolute Gasteiger partial charge is 0.320 e. The third kappa shape index (κ3) is 27.5. The zero-order chi connectivity index (χ0) is 25.7. The van der Waals surface area contributed by atoms with Crippen LogP contribution in [0.5, 0.6) is 0 Å². The van der Waals surface area contributed by atoms with E-state index in [0.717, 1.165) is 6.42 Å². The predicted molar refractivity (Wildman–Crippen MR) is 121 cm³/mol. The van der Waals surface area contributed by atoms with E-state index in [-0.39, 0.29) is 12.6 Å². The first kappa shape index (κ1) is 34.1. The van der Waals surface area contributed by atoms with Crippen molar-refractivity contribution in [3.63, 3.8) is 0 Å². The lowest BCUT2D eigenvalue weighted by Gasteiger charge is -2.07. The second-order valence-corrected chi connectivity index (χ2v) is 7.52. The Hall–Kier alpha value is -2.48. The fourth-order valence-electron chi connectivity index (χ4n) is 2.04. The summed E-state index contributed by atoms with van der Waals surface area (Å²) in [7, 11) is 0. The Morgan fingerprint density at radius 1 is 0.812 bits per heavy atom. The molecule has 0 saturated heterocycles. The lowest BCUT2D eigenvalue weighted by molar-refractivity contribution is -0.139. The van der Waals surface area contributed by atoms with Crippen LogP contribution in [0, 0.1) is 11.3 Å². The number of carboxylic acids is 3. The third-order valence-electron chi connectivity index (χ3n) is 3.86. The van der Waals surface area contributed by atoms with Gasteiger partial charge >= 0.3 is 17.9 Å². The molecule has 0 fully saturated rings. The summed E-state index contributed by atoms with van der Waals surface area (Å²) in [6.07, 6.45) is 4.22. The molecule has 0 saturated carbocycles. The van der Waals surface area contributed by atoms with Gasteiger partial charge in [-0.05, 0) is 50.9 Å². The molecule has 0 aromatic rings. The van der Waals surface area contributed by atoms with Crippen LogP contribution >= 0.6 is 0 Å². The molecule has 0 aliphatic carbocycles. The van der Waals surface area contributed by atoms with Gasteiger partial charge in [0, 0.05) is 13.2 Å². The number of hydrogen-bond acceptors (Lipinski definition) is 8. The lowest BCUT2D eigenvalue weighted by Crippen LogP contribution is -2.32. The Morgan fingerprint density at radius 3 is 1.50 bits per heavy atom. The molecule has 13 heteroatoms. The zero-order valence-corrected chi connectivity index (χ0v) is 19.0. The van der Waals surface area contributed by atoms with Crippen molar-refractivity contribution in [3.05, 3.63) is 0 Å². The number of aliphatic carboxylic acids is 3. The number of unbranched alkanes of at least 4 members (excludes halogenated alkanes) is 2. The summed E-state index contributed by atoms with van der Waals surface area (Å²) in [4.78, 5) is 30.5. The molecule has 14 N–H and O–H groups in total. The van der Waals surface area contributed by atoms with E-state index in [4.69, 9.17) is 48.8 Å². The number of carboxylic acid groups (broad SMARTS) is 3. The van der Waals surface area contributed by atoms with Crippen molar-refractivity contribution in [1.82, 2.24) is 5.32 Å². The Labute approximate surface area is 189 Å². The first-order valence-electron chi connectivity index (χ1n) is 10.4. The largest absolute Gasteiger partial charge is 0.480 e. The molecule has 0 aliphatic rings. The standard InChI is InChI=1S/C7H16N4O2.C6H13NO3.C6H13NO2/c8-5(6(12)13)3-1-2-4-11-7(9)10;7-5(6(9)10)3-1-2-4-8;1-4(2)3-5(7)6(8)9/h5H,1-4,8H2,(H,12,13)(H4,9,10,11);5,8H,1-4,7H2,(H,9,10);4-5H,3,7H2,1-2H3,(H,8,9)/t5-;;5-/m1.1/s1. The summed E-state index contributed by atoms with van der Waals surface area (Å²) in [6, 6.07) is -2.24. The number of rotatable bonds is 14.